The van der Waals surface area contributed by atoms with E-state index >= 15 is 0 Å². The highest BCUT2D eigenvalue weighted by molar-refractivity contribution is 7.00. The molecule has 0 atom stereocenters. The fourth-order valence-electron chi connectivity index (χ4n) is 7.81. The Morgan fingerprint density at radius 3 is 1.74 bits per heavy atom. The van der Waals surface area contributed by atoms with Crippen molar-refractivity contribution in [2.24, 2.45) is 0 Å². The van der Waals surface area contributed by atoms with Crippen molar-refractivity contribution in [2.75, 3.05) is 9.80 Å². The lowest BCUT2D eigenvalue weighted by atomic mass is 9.33. The van der Waals surface area contributed by atoms with E-state index in [9.17, 15) is 0 Å². The van der Waals surface area contributed by atoms with Crippen LogP contribution < -0.4 is 26.2 Å². The van der Waals surface area contributed by atoms with E-state index < -0.39 is 0 Å². The molecule has 3 heterocycles. The number of furan rings is 1. The Hall–Kier alpha value is -6.00. The fraction of sp³-hybridized carbons (Fsp3) is 0. The SMILES string of the molecule is c1ccc(N2c3ccccc3B3c4ccccc4N(c4ccccc4-c4cccc5c4oc4ccccc45)c4cccc2c43)cc1. The molecule has 0 spiro atoms. The first kappa shape index (κ1) is 25.3. The Morgan fingerprint density at radius 1 is 0.391 bits per heavy atom. The highest BCUT2D eigenvalue weighted by Gasteiger charge is 2.43. The van der Waals surface area contributed by atoms with Gasteiger partial charge in [0.1, 0.15) is 11.2 Å². The van der Waals surface area contributed by atoms with Gasteiger partial charge in [0.05, 0.1) is 5.69 Å². The van der Waals surface area contributed by atoms with Gasteiger partial charge in [-0.15, -0.1) is 0 Å². The summed E-state index contributed by atoms with van der Waals surface area (Å²) >= 11 is 0. The first-order valence-electron chi connectivity index (χ1n) is 15.8. The number of benzene rings is 7. The van der Waals surface area contributed by atoms with Gasteiger partial charge in [-0.2, -0.15) is 0 Å². The van der Waals surface area contributed by atoms with Crippen LogP contribution in [0.1, 0.15) is 0 Å². The summed E-state index contributed by atoms with van der Waals surface area (Å²) < 4.78 is 6.56. The maximum atomic E-state index is 6.56. The van der Waals surface area contributed by atoms with Crippen LogP contribution in [-0.4, -0.2) is 6.71 Å². The Bertz CT molecular complexity index is 2470. The summed E-state index contributed by atoms with van der Waals surface area (Å²) in [6.45, 7) is 0.112. The van der Waals surface area contributed by atoms with Gasteiger partial charge in [-0.25, -0.2) is 0 Å². The minimum atomic E-state index is 0.112. The van der Waals surface area contributed by atoms with Crippen LogP contribution in [0.2, 0.25) is 0 Å². The number of hydrogen-bond acceptors (Lipinski definition) is 3. The van der Waals surface area contributed by atoms with Gasteiger partial charge in [0.15, 0.2) is 0 Å². The van der Waals surface area contributed by atoms with Gasteiger partial charge in [-0.05, 0) is 64.9 Å². The third-order valence-electron chi connectivity index (χ3n) is 9.66. The van der Waals surface area contributed by atoms with Crippen LogP contribution in [-0.2, 0) is 0 Å². The average Bonchev–Trinajstić information content (AvgIpc) is 3.51. The van der Waals surface area contributed by atoms with Gasteiger partial charge < -0.3 is 14.2 Å². The number of fused-ring (bicyclic) bond motifs is 7. The molecule has 1 aromatic heterocycles. The number of rotatable bonds is 3. The van der Waals surface area contributed by atoms with Gasteiger partial charge in [-0.3, -0.25) is 0 Å². The second kappa shape index (κ2) is 9.75. The standard InChI is InChI=1S/C42H27BN2O/c1-2-14-28(15-3-1)44-36-23-9-6-20-33(36)43-34-21-7-10-24-37(34)45(39-26-13-25-38(44)41(39)43)35-22-8-4-16-29(35)31-18-12-19-32-30-17-5-11-27-40(30)46-42(31)32/h1-27H. The lowest BCUT2D eigenvalue weighted by molar-refractivity contribution is 0.670. The summed E-state index contributed by atoms with van der Waals surface area (Å²) in [5, 5.41) is 2.27. The van der Waals surface area contributed by atoms with Gasteiger partial charge >= 0.3 is 0 Å². The van der Waals surface area contributed by atoms with Crippen molar-refractivity contribution in [3.63, 3.8) is 0 Å². The predicted octanol–water partition coefficient (Wildman–Crippen LogP) is 9.34. The van der Waals surface area contributed by atoms with Crippen molar-refractivity contribution in [1.82, 2.24) is 0 Å². The summed E-state index contributed by atoms with van der Waals surface area (Å²) in [4.78, 5) is 4.90. The Labute approximate surface area is 267 Å². The molecule has 0 bridgehead atoms. The van der Waals surface area contributed by atoms with E-state index in [0.717, 1.165) is 44.4 Å². The van der Waals surface area contributed by atoms with Gasteiger partial charge in [0.25, 0.3) is 6.71 Å². The molecule has 2 aliphatic heterocycles. The van der Waals surface area contributed by atoms with Crippen LogP contribution in [0.4, 0.5) is 34.1 Å². The molecule has 7 aromatic carbocycles. The maximum absolute atomic E-state index is 6.56. The molecule has 3 nitrogen and oxygen atoms in total. The zero-order valence-electron chi connectivity index (χ0n) is 25.0. The molecular weight excluding hydrogens is 559 g/mol. The van der Waals surface area contributed by atoms with Gasteiger partial charge in [0, 0.05) is 50.3 Å². The molecule has 0 saturated heterocycles. The molecule has 0 radical (unpaired) electrons. The third-order valence-corrected chi connectivity index (χ3v) is 9.66. The minimum Gasteiger partial charge on any atom is -0.455 e. The summed E-state index contributed by atoms with van der Waals surface area (Å²) in [5.41, 5.74) is 15.1. The number of nitrogens with zero attached hydrogens (tertiary/aromatic N) is 2. The summed E-state index contributed by atoms with van der Waals surface area (Å²) in [6.07, 6.45) is 0. The smallest absolute Gasteiger partial charge is 0.252 e. The molecule has 10 rings (SSSR count). The molecule has 4 heteroatoms. The van der Waals surface area contributed by atoms with Crippen LogP contribution in [0.5, 0.6) is 0 Å². The molecule has 214 valence electrons. The second-order valence-electron chi connectivity index (χ2n) is 12.1. The van der Waals surface area contributed by atoms with Crippen LogP contribution in [0.25, 0.3) is 33.1 Å². The first-order valence-corrected chi connectivity index (χ1v) is 15.8. The molecule has 0 amide bonds. The average molecular weight is 587 g/mol. The minimum absolute atomic E-state index is 0.112. The topological polar surface area (TPSA) is 19.6 Å². The first-order chi connectivity index (χ1) is 22.9. The molecule has 46 heavy (non-hydrogen) atoms. The van der Waals surface area contributed by atoms with E-state index in [2.05, 4.69) is 168 Å². The van der Waals surface area contributed by atoms with Crippen molar-refractivity contribution >= 4 is 79.2 Å². The van der Waals surface area contributed by atoms with E-state index in [1.165, 1.54) is 39.1 Å². The van der Waals surface area contributed by atoms with Crippen molar-refractivity contribution in [3.05, 3.63) is 164 Å². The lowest BCUT2D eigenvalue weighted by Gasteiger charge is -2.44. The van der Waals surface area contributed by atoms with Crippen molar-refractivity contribution < 1.29 is 4.42 Å². The highest BCUT2D eigenvalue weighted by atomic mass is 16.3. The lowest BCUT2D eigenvalue weighted by Crippen LogP contribution is -2.61. The van der Waals surface area contributed by atoms with Crippen LogP contribution >= 0.6 is 0 Å². The zero-order valence-corrected chi connectivity index (χ0v) is 25.0. The predicted molar refractivity (Wildman–Crippen MR) is 193 cm³/mol. The van der Waals surface area contributed by atoms with E-state index in [1.54, 1.807) is 0 Å². The number of hydrogen-bond donors (Lipinski definition) is 0. The summed E-state index contributed by atoms with van der Waals surface area (Å²) in [7, 11) is 0. The molecule has 8 aromatic rings. The van der Waals surface area contributed by atoms with Crippen LogP contribution in [0.15, 0.2) is 168 Å². The maximum Gasteiger partial charge on any atom is 0.252 e. The van der Waals surface area contributed by atoms with E-state index in [0.29, 0.717) is 0 Å². The number of para-hydroxylation sites is 6. The quantitative estimate of drug-likeness (QED) is 0.192. The largest absolute Gasteiger partial charge is 0.455 e. The molecule has 0 fully saturated rings. The normalized spacial score (nSPS) is 13.1. The zero-order chi connectivity index (χ0) is 30.2. The molecule has 0 unspecified atom stereocenters. The Morgan fingerprint density at radius 2 is 0.935 bits per heavy atom. The Balaban J connectivity index is 1.26. The second-order valence-corrected chi connectivity index (χ2v) is 12.1. The molecule has 0 aliphatic carbocycles. The van der Waals surface area contributed by atoms with Gasteiger partial charge in [0.2, 0.25) is 0 Å². The summed E-state index contributed by atoms with van der Waals surface area (Å²) in [6, 6.07) is 58.9. The van der Waals surface area contributed by atoms with Crippen molar-refractivity contribution in [1.29, 1.82) is 0 Å². The van der Waals surface area contributed by atoms with Crippen molar-refractivity contribution in [3.8, 4) is 11.1 Å². The van der Waals surface area contributed by atoms with Crippen LogP contribution in [0, 0.1) is 0 Å². The van der Waals surface area contributed by atoms with E-state index in [1.807, 2.05) is 6.07 Å². The third kappa shape index (κ3) is 3.50. The fourth-order valence-corrected chi connectivity index (χ4v) is 7.81. The van der Waals surface area contributed by atoms with Crippen LogP contribution in [0.3, 0.4) is 0 Å². The highest BCUT2D eigenvalue weighted by Crippen LogP contribution is 2.47. The van der Waals surface area contributed by atoms with E-state index in [4.69, 9.17) is 4.42 Å². The molecular formula is C42H27BN2O. The molecule has 2 aliphatic rings. The monoisotopic (exact) mass is 586 g/mol. The van der Waals surface area contributed by atoms with Crippen molar-refractivity contribution in [2.45, 2.75) is 0 Å². The summed E-state index contributed by atoms with van der Waals surface area (Å²) in [5.74, 6) is 0. The molecule has 0 N–H and O–H groups in total. The van der Waals surface area contributed by atoms with Gasteiger partial charge in [-0.1, -0.05) is 115 Å². The Kier molecular flexibility index (Phi) is 5.37. The molecule has 0 saturated carbocycles. The number of anilines is 6. The van der Waals surface area contributed by atoms with E-state index in [-0.39, 0.29) is 6.71 Å².